The molecule has 1 heterocycles. The maximum Gasteiger partial charge on any atom is 0.420 e. The van der Waals surface area contributed by atoms with Gasteiger partial charge in [-0.15, -0.1) is 0 Å². The van der Waals surface area contributed by atoms with Crippen molar-refractivity contribution in [3.05, 3.63) is 71.8 Å². The molecule has 4 atom stereocenters. The van der Waals surface area contributed by atoms with Crippen molar-refractivity contribution in [2.24, 2.45) is 0 Å². The fourth-order valence-electron chi connectivity index (χ4n) is 4.58. The lowest BCUT2D eigenvalue weighted by atomic mass is 10.0. The second kappa shape index (κ2) is 14.6. The van der Waals surface area contributed by atoms with E-state index in [0.717, 1.165) is 16.0 Å². The lowest BCUT2D eigenvalue weighted by Crippen LogP contribution is -2.53. The zero-order valence-electron chi connectivity index (χ0n) is 25.8. The summed E-state index contributed by atoms with van der Waals surface area (Å²) in [6, 6.07) is 18.3. The van der Waals surface area contributed by atoms with Gasteiger partial charge in [-0.3, -0.25) is 0 Å². The predicted octanol–water partition coefficient (Wildman–Crippen LogP) is 6.81. The van der Waals surface area contributed by atoms with Gasteiger partial charge in [0.25, 0.3) is 0 Å². The molecule has 1 fully saturated rings. The molecular weight excluding hydrogens is 538 g/mol. The molecule has 3 rings (SSSR count). The Morgan fingerprint density at radius 1 is 0.786 bits per heavy atom. The molecule has 2 aromatic carbocycles. The number of carbonyl (C=O) groups excluding carboxylic acids is 3. The third-order valence-electron chi connectivity index (χ3n) is 6.45. The Hall–Kier alpha value is -3.43. The van der Waals surface area contributed by atoms with Gasteiger partial charge in [-0.05, 0) is 78.9 Å². The van der Waals surface area contributed by atoms with Crippen LogP contribution in [0.4, 0.5) is 9.59 Å². The highest BCUT2D eigenvalue weighted by Gasteiger charge is 2.43. The maximum absolute atomic E-state index is 13.6. The van der Waals surface area contributed by atoms with Gasteiger partial charge in [-0.1, -0.05) is 60.7 Å². The van der Waals surface area contributed by atoms with E-state index in [9.17, 15) is 14.4 Å². The molecule has 1 aliphatic heterocycles. The van der Waals surface area contributed by atoms with Gasteiger partial charge in [-0.2, -0.15) is 4.90 Å². The number of benzene rings is 2. The van der Waals surface area contributed by atoms with Crippen LogP contribution in [0.3, 0.4) is 0 Å². The lowest BCUT2D eigenvalue weighted by Gasteiger charge is -2.33. The SMILES string of the molecule is C[C@@H]1OC(=O)[C@@H](N(C(=O)OC(C)(C)C)C(=O)OC(C)(C)C)CCC[C@H](OCc2ccccc2)[C@H]1OCc1ccccc1. The highest BCUT2D eigenvalue weighted by molar-refractivity contribution is 5.94. The van der Waals surface area contributed by atoms with Crippen LogP contribution < -0.4 is 0 Å². The number of imide groups is 1. The number of carbonyl (C=O) groups is 3. The molecule has 2 amide bonds. The van der Waals surface area contributed by atoms with Crippen LogP contribution in [0.2, 0.25) is 0 Å². The first-order valence-corrected chi connectivity index (χ1v) is 14.5. The summed E-state index contributed by atoms with van der Waals surface area (Å²) < 4.78 is 29.7. The van der Waals surface area contributed by atoms with Crippen LogP contribution in [-0.4, -0.2) is 58.6 Å². The molecule has 230 valence electrons. The molecule has 0 aliphatic carbocycles. The van der Waals surface area contributed by atoms with Crippen LogP contribution in [0.5, 0.6) is 0 Å². The minimum Gasteiger partial charge on any atom is -0.458 e. The molecular formula is C33H45NO8. The second-order valence-corrected chi connectivity index (χ2v) is 12.5. The molecule has 42 heavy (non-hydrogen) atoms. The van der Waals surface area contributed by atoms with Crippen LogP contribution in [0, 0.1) is 0 Å². The summed E-state index contributed by atoms with van der Waals surface area (Å²) in [7, 11) is 0. The van der Waals surface area contributed by atoms with Gasteiger partial charge < -0.3 is 23.7 Å². The van der Waals surface area contributed by atoms with E-state index in [4.69, 9.17) is 23.7 Å². The van der Waals surface area contributed by atoms with Crippen molar-refractivity contribution in [2.45, 2.75) is 116 Å². The molecule has 0 bridgehead atoms. The summed E-state index contributed by atoms with van der Waals surface area (Å²) in [5, 5.41) is 0. The van der Waals surface area contributed by atoms with Gasteiger partial charge in [0.1, 0.15) is 29.5 Å². The number of esters is 1. The smallest absolute Gasteiger partial charge is 0.420 e. The van der Waals surface area contributed by atoms with Crippen molar-refractivity contribution in [3.8, 4) is 0 Å². The maximum atomic E-state index is 13.6. The van der Waals surface area contributed by atoms with E-state index in [1.807, 2.05) is 60.7 Å². The van der Waals surface area contributed by atoms with Gasteiger partial charge in [0.15, 0.2) is 0 Å². The Morgan fingerprint density at radius 3 is 1.74 bits per heavy atom. The van der Waals surface area contributed by atoms with Crippen molar-refractivity contribution in [1.82, 2.24) is 4.90 Å². The van der Waals surface area contributed by atoms with E-state index in [1.54, 1.807) is 48.5 Å². The van der Waals surface area contributed by atoms with Gasteiger partial charge >= 0.3 is 18.2 Å². The Balaban J connectivity index is 1.89. The van der Waals surface area contributed by atoms with Crippen LogP contribution in [0.15, 0.2) is 60.7 Å². The van der Waals surface area contributed by atoms with Crippen molar-refractivity contribution < 1.29 is 38.1 Å². The quantitative estimate of drug-likeness (QED) is 0.259. The van der Waals surface area contributed by atoms with Gasteiger partial charge in [0.2, 0.25) is 0 Å². The number of hydrogen-bond donors (Lipinski definition) is 0. The summed E-state index contributed by atoms with van der Waals surface area (Å²) in [6.07, 6.45) is -2.64. The summed E-state index contributed by atoms with van der Waals surface area (Å²) >= 11 is 0. The van der Waals surface area contributed by atoms with Crippen LogP contribution in [-0.2, 0) is 41.7 Å². The Morgan fingerprint density at radius 2 is 1.26 bits per heavy atom. The minimum atomic E-state index is -1.25. The number of ether oxygens (including phenoxy) is 5. The zero-order chi connectivity index (χ0) is 30.9. The molecule has 0 aromatic heterocycles. The Bertz CT molecular complexity index is 1130. The van der Waals surface area contributed by atoms with E-state index in [2.05, 4.69) is 0 Å². The monoisotopic (exact) mass is 583 g/mol. The van der Waals surface area contributed by atoms with E-state index >= 15 is 0 Å². The standard InChI is InChI=1S/C33H45NO8/c1-23-28(39-22-25-17-12-9-13-18-25)27(38-21-24-15-10-8-11-16-24)20-14-19-26(29(35)40-23)34(30(36)41-32(2,3)4)31(37)42-33(5,6)7/h8-13,15-18,23,26-28H,14,19-22H2,1-7H3/t23-,26-,27-,28-/m0/s1. The van der Waals surface area contributed by atoms with Crippen LogP contribution in [0.25, 0.3) is 0 Å². The third kappa shape index (κ3) is 10.4. The fourth-order valence-corrected chi connectivity index (χ4v) is 4.58. The molecule has 1 saturated heterocycles. The van der Waals surface area contributed by atoms with E-state index in [-0.39, 0.29) is 6.42 Å². The summed E-state index contributed by atoms with van der Waals surface area (Å²) in [5.74, 6) is -0.740. The first-order chi connectivity index (χ1) is 19.7. The average Bonchev–Trinajstić information content (AvgIpc) is 2.94. The molecule has 0 spiro atoms. The van der Waals surface area contributed by atoms with Gasteiger partial charge in [0.05, 0.1) is 19.3 Å². The molecule has 0 N–H and O–H groups in total. The topological polar surface area (TPSA) is 101 Å². The van der Waals surface area contributed by atoms with Crippen molar-refractivity contribution in [3.63, 3.8) is 0 Å². The molecule has 9 nitrogen and oxygen atoms in total. The molecule has 0 saturated carbocycles. The Kier molecular flexibility index (Phi) is 11.5. The lowest BCUT2D eigenvalue weighted by molar-refractivity contribution is -0.172. The number of rotatable bonds is 7. The van der Waals surface area contributed by atoms with Crippen molar-refractivity contribution >= 4 is 18.2 Å². The number of cyclic esters (lactones) is 1. The molecule has 0 radical (unpaired) electrons. The number of nitrogens with zero attached hydrogens (tertiary/aromatic N) is 1. The number of amides is 2. The molecule has 1 aliphatic rings. The number of hydrogen-bond acceptors (Lipinski definition) is 8. The summed E-state index contributed by atoms with van der Waals surface area (Å²) in [6.45, 7) is 12.5. The third-order valence-corrected chi connectivity index (χ3v) is 6.45. The summed E-state index contributed by atoms with van der Waals surface area (Å²) in [5.41, 5.74) is 0.166. The molecule has 0 unspecified atom stereocenters. The summed E-state index contributed by atoms with van der Waals surface area (Å²) in [4.78, 5) is 41.0. The van der Waals surface area contributed by atoms with Gasteiger partial charge in [-0.25, -0.2) is 14.4 Å². The molecule has 2 aromatic rings. The minimum absolute atomic E-state index is 0.140. The van der Waals surface area contributed by atoms with Crippen LogP contribution in [0.1, 0.15) is 78.9 Å². The normalized spacial score (nSPS) is 21.7. The first kappa shape index (κ1) is 33.1. The Labute approximate surface area is 249 Å². The molecule has 9 heteroatoms. The second-order valence-electron chi connectivity index (χ2n) is 12.5. The average molecular weight is 584 g/mol. The highest BCUT2D eigenvalue weighted by Crippen LogP contribution is 2.27. The van der Waals surface area contributed by atoms with Gasteiger partial charge in [0, 0.05) is 0 Å². The highest BCUT2D eigenvalue weighted by atomic mass is 16.6. The predicted molar refractivity (Wildman–Crippen MR) is 158 cm³/mol. The van der Waals surface area contributed by atoms with E-state index < -0.39 is 53.7 Å². The van der Waals surface area contributed by atoms with E-state index in [1.165, 1.54) is 0 Å². The largest absolute Gasteiger partial charge is 0.458 e. The van der Waals surface area contributed by atoms with Crippen molar-refractivity contribution in [2.75, 3.05) is 0 Å². The fraction of sp³-hybridized carbons (Fsp3) is 0.545. The van der Waals surface area contributed by atoms with Crippen molar-refractivity contribution in [1.29, 1.82) is 0 Å². The van der Waals surface area contributed by atoms with Crippen LogP contribution >= 0.6 is 0 Å². The first-order valence-electron chi connectivity index (χ1n) is 14.5. The van der Waals surface area contributed by atoms with E-state index in [0.29, 0.717) is 26.1 Å². The zero-order valence-corrected chi connectivity index (χ0v) is 25.8.